The second-order valence-electron chi connectivity index (χ2n) is 3.80. The van der Waals surface area contributed by atoms with Gasteiger partial charge in [0.15, 0.2) is 0 Å². The first kappa shape index (κ1) is 13.6. The van der Waals surface area contributed by atoms with E-state index in [-0.39, 0.29) is 18.5 Å². The molecule has 0 fully saturated rings. The lowest BCUT2D eigenvalue weighted by molar-refractivity contribution is -0.141. The number of aryl methyl sites for hydroxylation is 1. The quantitative estimate of drug-likeness (QED) is 0.821. The number of halogens is 2. The van der Waals surface area contributed by atoms with Gasteiger partial charge in [0.2, 0.25) is 0 Å². The van der Waals surface area contributed by atoms with Gasteiger partial charge in [-0.05, 0) is 25.1 Å². The van der Waals surface area contributed by atoms with Crippen molar-refractivity contribution in [3.63, 3.8) is 0 Å². The summed E-state index contributed by atoms with van der Waals surface area (Å²) in [7, 11) is 1.22. The zero-order valence-electron chi connectivity index (χ0n) is 9.80. The fourth-order valence-electron chi connectivity index (χ4n) is 1.64. The van der Waals surface area contributed by atoms with Crippen molar-refractivity contribution in [3.8, 4) is 0 Å². The van der Waals surface area contributed by atoms with Crippen molar-refractivity contribution >= 4 is 5.97 Å². The molecule has 1 unspecified atom stereocenters. The van der Waals surface area contributed by atoms with Crippen molar-refractivity contribution in [2.75, 3.05) is 13.7 Å². The van der Waals surface area contributed by atoms with Gasteiger partial charge in [0.1, 0.15) is 11.6 Å². The Kier molecular flexibility index (Phi) is 4.57. The number of ether oxygens (including phenoxy) is 1. The molecule has 1 atom stereocenters. The monoisotopic (exact) mass is 243 g/mol. The molecule has 2 N–H and O–H groups in total. The molecule has 0 aliphatic rings. The minimum absolute atomic E-state index is 0.0214. The van der Waals surface area contributed by atoms with Gasteiger partial charge in [-0.3, -0.25) is 4.79 Å². The molecule has 0 aromatic heterocycles. The largest absolute Gasteiger partial charge is 0.469 e. The molecule has 0 radical (unpaired) electrons. The fourth-order valence-corrected chi connectivity index (χ4v) is 1.64. The molecule has 1 rings (SSSR count). The number of carbonyl (C=O) groups is 1. The molecular weight excluding hydrogens is 228 g/mol. The van der Waals surface area contributed by atoms with Crippen LogP contribution in [-0.2, 0) is 9.53 Å². The van der Waals surface area contributed by atoms with Crippen LogP contribution in [0.25, 0.3) is 0 Å². The Balaban J connectivity index is 3.11. The Morgan fingerprint density at radius 1 is 1.47 bits per heavy atom. The number of nitrogens with two attached hydrogens (primary N) is 1. The predicted molar refractivity (Wildman–Crippen MR) is 59.5 cm³/mol. The highest BCUT2D eigenvalue weighted by Crippen LogP contribution is 2.26. The molecule has 5 heteroatoms. The molecule has 0 saturated carbocycles. The molecular formula is C12H15F2NO2. The van der Waals surface area contributed by atoms with Crippen molar-refractivity contribution in [1.82, 2.24) is 0 Å². The molecule has 0 saturated heterocycles. The standard InChI is InChI=1S/C12H15F2NO2/c1-7-3-4-9(13)11(12(7)14)8(6-15)5-10(16)17-2/h3-4,8H,5-6,15H2,1-2H3. The lowest BCUT2D eigenvalue weighted by Crippen LogP contribution is -2.20. The molecule has 0 aliphatic heterocycles. The van der Waals surface area contributed by atoms with Gasteiger partial charge in [0.05, 0.1) is 13.5 Å². The van der Waals surface area contributed by atoms with E-state index in [9.17, 15) is 13.6 Å². The van der Waals surface area contributed by atoms with Crippen LogP contribution in [-0.4, -0.2) is 19.6 Å². The third kappa shape index (κ3) is 3.00. The SMILES string of the molecule is COC(=O)CC(CN)c1c(F)ccc(C)c1F. The van der Waals surface area contributed by atoms with Gasteiger partial charge in [0.25, 0.3) is 0 Å². The topological polar surface area (TPSA) is 52.3 Å². The first-order valence-electron chi connectivity index (χ1n) is 5.22. The van der Waals surface area contributed by atoms with Crippen molar-refractivity contribution in [3.05, 3.63) is 34.9 Å². The third-order valence-corrected chi connectivity index (χ3v) is 2.65. The summed E-state index contributed by atoms with van der Waals surface area (Å²) in [6.45, 7) is 1.51. The van der Waals surface area contributed by atoms with Crippen molar-refractivity contribution in [2.45, 2.75) is 19.3 Å². The molecule has 0 aliphatic carbocycles. The number of methoxy groups -OCH3 is 1. The number of hydrogen-bond acceptors (Lipinski definition) is 3. The zero-order chi connectivity index (χ0) is 13.0. The Labute approximate surface area is 98.6 Å². The van der Waals surface area contributed by atoms with E-state index in [1.54, 1.807) is 0 Å². The van der Waals surface area contributed by atoms with Gasteiger partial charge in [-0.15, -0.1) is 0 Å². The molecule has 1 aromatic rings. The van der Waals surface area contributed by atoms with Crippen LogP contribution in [0.15, 0.2) is 12.1 Å². The molecule has 1 aromatic carbocycles. The fraction of sp³-hybridized carbons (Fsp3) is 0.417. The maximum atomic E-state index is 13.8. The maximum absolute atomic E-state index is 13.8. The summed E-state index contributed by atoms with van der Waals surface area (Å²) in [5.41, 5.74) is 5.64. The van der Waals surface area contributed by atoms with E-state index in [0.717, 1.165) is 0 Å². The van der Waals surface area contributed by atoms with E-state index < -0.39 is 23.5 Å². The number of carbonyl (C=O) groups excluding carboxylic acids is 1. The number of hydrogen-bond donors (Lipinski definition) is 1. The molecule has 17 heavy (non-hydrogen) atoms. The molecule has 3 nitrogen and oxygen atoms in total. The van der Waals surface area contributed by atoms with E-state index in [1.807, 2.05) is 0 Å². The summed E-state index contributed by atoms with van der Waals surface area (Å²) in [6, 6.07) is 2.52. The van der Waals surface area contributed by atoms with Gasteiger partial charge < -0.3 is 10.5 Å². The molecule has 0 amide bonds. The average Bonchev–Trinajstić information content (AvgIpc) is 2.32. The summed E-state index contributed by atoms with van der Waals surface area (Å²) in [5, 5.41) is 0. The predicted octanol–water partition coefficient (Wildman–Crippen LogP) is 1.88. The lowest BCUT2D eigenvalue weighted by Gasteiger charge is -2.16. The van der Waals surface area contributed by atoms with Gasteiger partial charge >= 0.3 is 5.97 Å². The number of rotatable bonds is 4. The summed E-state index contributed by atoms with van der Waals surface area (Å²) in [5.74, 6) is -2.58. The Morgan fingerprint density at radius 2 is 2.12 bits per heavy atom. The van der Waals surface area contributed by atoms with E-state index in [1.165, 1.54) is 26.2 Å². The van der Waals surface area contributed by atoms with Crippen molar-refractivity contribution in [2.24, 2.45) is 5.73 Å². The second-order valence-corrected chi connectivity index (χ2v) is 3.80. The average molecular weight is 243 g/mol. The van der Waals surface area contributed by atoms with Crippen LogP contribution < -0.4 is 5.73 Å². The van der Waals surface area contributed by atoms with Crippen LogP contribution in [0.4, 0.5) is 8.78 Å². The van der Waals surface area contributed by atoms with E-state index in [0.29, 0.717) is 5.56 Å². The van der Waals surface area contributed by atoms with Crippen molar-refractivity contribution < 1.29 is 18.3 Å². The van der Waals surface area contributed by atoms with E-state index in [4.69, 9.17) is 5.73 Å². The number of benzene rings is 1. The first-order chi connectivity index (χ1) is 8.01. The first-order valence-corrected chi connectivity index (χ1v) is 5.22. The van der Waals surface area contributed by atoms with E-state index in [2.05, 4.69) is 4.74 Å². The van der Waals surface area contributed by atoms with Crippen molar-refractivity contribution in [1.29, 1.82) is 0 Å². The van der Waals surface area contributed by atoms with Gasteiger partial charge in [-0.1, -0.05) is 6.07 Å². The van der Waals surface area contributed by atoms with E-state index >= 15 is 0 Å². The number of esters is 1. The minimum atomic E-state index is -0.706. The maximum Gasteiger partial charge on any atom is 0.306 e. The second kappa shape index (κ2) is 5.72. The lowest BCUT2D eigenvalue weighted by atomic mass is 9.93. The van der Waals surface area contributed by atoms with Gasteiger partial charge in [-0.25, -0.2) is 8.78 Å². The Hall–Kier alpha value is -1.49. The van der Waals surface area contributed by atoms with Crippen LogP contribution in [0.1, 0.15) is 23.5 Å². The van der Waals surface area contributed by atoms with Crippen LogP contribution in [0, 0.1) is 18.6 Å². The summed E-state index contributed by atoms with van der Waals surface area (Å²) in [6.07, 6.45) is -0.135. The molecule has 0 bridgehead atoms. The van der Waals surface area contributed by atoms with Crippen LogP contribution >= 0.6 is 0 Å². The smallest absolute Gasteiger partial charge is 0.306 e. The Morgan fingerprint density at radius 3 is 2.65 bits per heavy atom. The molecule has 0 spiro atoms. The molecule has 94 valence electrons. The van der Waals surface area contributed by atoms with Crippen LogP contribution in [0.3, 0.4) is 0 Å². The summed E-state index contributed by atoms with van der Waals surface area (Å²) < 4.78 is 31.9. The third-order valence-electron chi connectivity index (χ3n) is 2.65. The highest BCUT2D eigenvalue weighted by molar-refractivity contribution is 5.70. The van der Waals surface area contributed by atoms with Crippen LogP contribution in [0.5, 0.6) is 0 Å². The summed E-state index contributed by atoms with van der Waals surface area (Å²) in [4.78, 5) is 11.1. The zero-order valence-corrected chi connectivity index (χ0v) is 9.80. The highest BCUT2D eigenvalue weighted by Gasteiger charge is 2.23. The Bertz CT molecular complexity index is 421. The van der Waals surface area contributed by atoms with Gasteiger partial charge in [0, 0.05) is 11.5 Å². The van der Waals surface area contributed by atoms with Gasteiger partial charge in [-0.2, -0.15) is 0 Å². The van der Waals surface area contributed by atoms with Crippen LogP contribution in [0.2, 0.25) is 0 Å². The summed E-state index contributed by atoms with van der Waals surface area (Å²) >= 11 is 0. The molecule has 0 heterocycles. The normalized spacial score (nSPS) is 12.3. The minimum Gasteiger partial charge on any atom is -0.469 e. The highest BCUT2D eigenvalue weighted by atomic mass is 19.1.